The van der Waals surface area contributed by atoms with E-state index in [1.165, 1.54) is 29.9 Å². The summed E-state index contributed by atoms with van der Waals surface area (Å²) in [5.41, 5.74) is 1.32. The van der Waals surface area contributed by atoms with Crippen molar-refractivity contribution in [1.82, 2.24) is 15.6 Å². The van der Waals surface area contributed by atoms with Crippen LogP contribution in [-0.2, 0) is 11.3 Å². The molecule has 19 heavy (non-hydrogen) atoms. The van der Waals surface area contributed by atoms with Gasteiger partial charge in [0.1, 0.15) is 11.3 Å². The van der Waals surface area contributed by atoms with Gasteiger partial charge >= 0.3 is 0 Å². The monoisotopic (exact) mass is 279 g/mol. The Morgan fingerprint density at radius 1 is 1.42 bits per heavy atom. The van der Waals surface area contributed by atoms with Gasteiger partial charge in [0.2, 0.25) is 5.91 Å². The Morgan fingerprint density at radius 3 is 2.89 bits per heavy atom. The molecule has 0 aliphatic heterocycles. The van der Waals surface area contributed by atoms with Crippen molar-refractivity contribution in [1.29, 1.82) is 0 Å². The molecule has 0 fully saturated rings. The van der Waals surface area contributed by atoms with Crippen LogP contribution in [0.5, 0.6) is 0 Å². The number of furan rings is 1. The Balaban J connectivity index is 1.71. The third-order valence-electron chi connectivity index (χ3n) is 2.30. The van der Waals surface area contributed by atoms with Crippen LogP contribution in [0.4, 0.5) is 0 Å². The normalized spacial score (nSPS) is 10.2. The quantitative estimate of drug-likeness (QED) is 0.858. The largest absolute Gasteiger partial charge is 0.472 e. The zero-order valence-electron chi connectivity index (χ0n) is 10.3. The molecule has 2 aromatic heterocycles. The lowest BCUT2D eigenvalue weighted by Crippen LogP contribution is -2.36. The summed E-state index contributed by atoms with van der Waals surface area (Å²) in [5.74, 6) is -0.598. The number of nitrogens with one attached hydrogen (secondary N) is 2. The highest BCUT2D eigenvalue weighted by atomic mass is 32.1. The van der Waals surface area contributed by atoms with Crippen molar-refractivity contribution in [3.05, 3.63) is 40.2 Å². The summed E-state index contributed by atoms with van der Waals surface area (Å²) in [6.07, 6.45) is 2.73. The summed E-state index contributed by atoms with van der Waals surface area (Å²) in [4.78, 5) is 27.3. The molecule has 0 atom stereocenters. The summed E-state index contributed by atoms with van der Waals surface area (Å²) in [6, 6.07) is 1.53. The number of amides is 2. The lowest BCUT2D eigenvalue weighted by molar-refractivity contribution is -0.120. The first-order valence-electron chi connectivity index (χ1n) is 5.63. The van der Waals surface area contributed by atoms with Crippen LogP contribution >= 0.6 is 11.3 Å². The van der Waals surface area contributed by atoms with Crippen LogP contribution in [0.2, 0.25) is 0 Å². The third kappa shape index (κ3) is 3.92. The van der Waals surface area contributed by atoms with Gasteiger partial charge in [-0.25, -0.2) is 4.98 Å². The number of rotatable bonds is 5. The molecule has 2 rings (SSSR count). The maximum atomic E-state index is 11.5. The molecule has 0 radical (unpaired) electrons. The van der Waals surface area contributed by atoms with E-state index in [1.54, 1.807) is 0 Å². The minimum Gasteiger partial charge on any atom is -0.472 e. The van der Waals surface area contributed by atoms with Crippen molar-refractivity contribution < 1.29 is 14.0 Å². The lowest BCUT2D eigenvalue weighted by atomic mass is 10.3. The molecule has 7 heteroatoms. The molecule has 2 heterocycles. The number of aryl methyl sites for hydroxylation is 1. The zero-order valence-corrected chi connectivity index (χ0v) is 11.1. The van der Waals surface area contributed by atoms with E-state index in [1.807, 2.05) is 12.3 Å². The van der Waals surface area contributed by atoms with Crippen LogP contribution in [0.15, 0.2) is 28.4 Å². The number of nitrogens with zero attached hydrogens (tertiary/aromatic N) is 1. The van der Waals surface area contributed by atoms with Gasteiger partial charge in [-0.15, -0.1) is 11.3 Å². The molecule has 0 bridgehead atoms. The first-order valence-corrected chi connectivity index (χ1v) is 6.51. The Kier molecular flexibility index (Phi) is 4.30. The van der Waals surface area contributed by atoms with Gasteiger partial charge < -0.3 is 15.1 Å². The van der Waals surface area contributed by atoms with Crippen molar-refractivity contribution in [3.63, 3.8) is 0 Å². The summed E-state index contributed by atoms with van der Waals surface area (Å²) in [5, 5.41) is 7.94. The van der Waals surface area contributed by atoms with Crippen LogP contribution in [-0.4, -0.2) is 23.3 Å². The molecule has 0 aromatic carbocycles. The average Bonchev–Trinajstić information content (AvgIpc) is 3.04. The van der Waals surface area contributed by atoms with Crippen LogP contribution in [0, 0.1) is 6.92 Å². The molecule has 0 unspecified atom stereocenters. The number of carbonyl (C=O) groups is 2. The zero-order chi connectivity index (χ0) is 13.7. The summed E-state index contributed by atoms with van der Waals surface area (Å²) >= 11 is 1.49. The van der Waals surface area contributed by atoms with Gasteiger partial charge in [-0.1, -0.05) is 0 Å². The Labute approximate surface area is 113 Å². The molecule has 2 aromatic rings. The van der Waals surface area contributed by atoms with Gasteiger partial charge in [0.15, 0.2) is 0 Å². The number of thiazole rings is 1. The first-order chi connectivity index (χ1) is 9.15. The molecule has 0 saturated carbocycles. The van der Waals surface area contributed by atoms with Crippen molar-refractivity contribution in [2.75, 3.05) is 6.54 Å². The van der Waals surface area contributed by atoms with Gasteiger partial charge in [0.05, 0.1) is 24.9 Å². The number of carbonyl (C=O) groups excluding carboxylic acids is 2. The van der Waals surface area contributed by atoms with E-state index < -0.39 is 0 Å². The molecule has 2 N–H and O–H groups in total. The van der Waals surface area contributed by atoms with Crippen LogP contribution < -0.4 is 10.6 Å². The van der Waals surface area contributed by atoms with Crippen molar-refractivity contribution in [2.24, 2.45) is 0 Å². The second-order valence-electron chi connectivity index (χ2n) is 3.85. The average molecular weight is 279 g/mol. The molecule has 2 amide bonds. The van der Waals surface area contributed by atoms with Crippen LogP contribution in [0.3, 0.4) is 0 Å². The second kappa shape index (κ2) is 6.14. The fraction of sp³-hybridized carbons (Fsp3) is 0.250. The standard InChI is InChI=1S/C12H13N3O3S/c1-8-7-19-11(15-8)5-13-10(16)4-14-12(17)9-2-3-18-6-9/h2-3,6-7H,4-5H2,1H3,(H,13,16)(H,14,17). The Bertz CT molecular complexity index is 563. The summed E-state index contributed by atoms with van der Waals surface area (Å²) < 4.78 is 4.78. The van der Waals surface area contributed by atoms with Gasteiger partial charge in [-0.3, -0.25) is 9.59 Å². The predicted molar refractivity (Wildman–Crippen MR) is 69.7 cm³/mol. The molecule has 100 valence electrons. The number of hydrogen-bond acceptors (Lipinski definition) is 5. The Morgan fingerprint density at radius 2 is 2.26 bits per heavy atom. The van der Waals surface area contributed by atoms with Crippen LogP contribution in [0.1, 0.15) is 21.1 Å². The van der Waals surface area contributed by atoms with Crippen molar-refractivity contribution >= 4 is 23.2 Å². The van der Waals surface area contributed by atoms with Gasteiger partial charge in [0.25, 0.3) is 5.91 Å². The molecule has 0 saturated heterocycles. The van der Waals surface area contributed by atoms with E-state index in [0.29, 0.717) is 12.1 Å². The smallest absolute Gasteiger partial charge is 0.254 e. The molecule has 6 nitrogen and oxygen atoms in total. The third-order valence-corrected chi connectivity index (χ3v) is 3.26. The predicted octanol–water partition coefficient (Wildman–Crippen LogP) is 1.09. The second-order valence-corrected chi connectivity index (χ2v) is 4.80. The number of hydrogen-bond donors (Lipinski definition) is 2. The summed E-state index contributed by atoms with van der Waals surface area (Å²) in [6.45, 7) is 2.19. The molecular formula is C12H13N3O3S. The molecule has 0 aliphatic rings. The molecular weight excluding hydrogens is 266 g/mol. The van der Waals surface area contributed by atoms with E-state index in [9.17, 15) is 9.59 Å². The topological polar surface area (TPSA) is 84.2 Å². The van der Waals surface area contributed by atoms with Crippen LogP contribution in [0.25, 0.3) is 0 Å². The van der Waals surface area contributed by atoms with E-state index in [-0.39, 0.29) is 18.4 Å². The minimum atomic E-state index is -0.339. The van der Waals surface area contributed by atoms with Gasteiger partial charge in [0, 0.05) is 11.1 Å². The Hall–Kier alpha value is -2.15. The first kappa shape index (κ1) is 13.3. The fourth-order valence-corrected chi connectivity index (χ4v) is 2.09. The minimum absolute atomic E-state index is 0.0750. The highest BCUT2D eigenvalue weighted by molar-refractivity contribution is 7.09. The molecule has 0 spiro atoms. The molecule has 0 aliphatic carbocycles. The lowest BCUT2D eigenvalue weighted by Gasteiger charge is -2.04. The maximum absolute atomic E-state index is 11.5. The highest BCUT2D eigenvalue weighted by Gasteiger charge is 2.09. The summed E-state index contributed by atoms with van der Waals surface area (Å²) in [7, 11) is 0. The maximum Gasteiger partial charge on any atom is 0.254 e. The van der Waals surface area contributed by atoms with Gasteiger partial charge in [-0.2, -0.15) is 0 Å². The van der Waals surface area contributed by atoms with E-state index in [2.05, 4.69) is 15.6 Å². The highest BCUT2D eigenvalue weighted by Crippen LogP contribution is 2.07. The van der Waals surface area contributed by atoms with Gasteiger partial charge in [-0.05, 0) is 13.0 Å². The SMILES string of the molecule is Cc1csc(CNC(=O)CNC(=O)c2ccoc2)n1. The van der Waals surface area contributed by atoms with Crippen molar-refractivity contribution in [2.45, 2.75) is 13.5 Å². The van der Waals surface area contributed by atoms with Crippen molar-refractivity contribution in [3.8, 4) is 0 Å². The fourth-order valence-electron chi connectivity index (χ4n) is 1.38. The van der Waals surface area contributed by atoms with E-state index in [0.717, 1.165) is 10.7 Å². The number of aromatic nitrogens is 1. The van der Waals surface area contributed by atoms with E-state index in [4.69, 9.17) is 4.42 Å². The van der Waals surface area contributed by atoms with E-state index >= 15 is 0 Å².